The van der Waals surface area contributed by atoms with Gasteiger partial charge >= 0.3 is 0 Å². The van der Waals surface area contributed by atoms with Crippen LogP contribution in [-0.2, 0) is 4.79 Å². The number of rotatable bonds is 7. The van der Waals surface area contributed by atoms with Crippen molar-refractivity contribution >= 4 is 5.91 Å². The SMILES string of the molecule is CCCCCCCN(C)C(=O)C1CC(C)(C)N(O)C(C)(C)C1. The Morgan fingerprint density at radius 3 is 2.09 bits per heavy atom. The number of amides is 1. The molecule has 0 aromatic carbocycles. The summed E-state index contributed by atoms with van der Waals surface area (Å²) in [6.07, 6.45) is 7.53. The molecule has 0 radical (unpaired) electrons. The fraction of sp³-hybridized carbons (Fsp3) is 0.944. The Morgan fingerprint density at radius 2 is 1.59 bits per heavy atom. The van der Waals surface area contributed by atoms with Gasteiger partial charge in [0.05, 0.1) is 0 Å². The smallest absolute Gasteiger partial charge is 0.225 e. The summed E-state index contributed by atoms with van der Waals surface area (Å²) >= 11 is 0. The molecule has 0 atom stereocenters. The molecule has 1 N–H and O–H groups in total. The van der Waals surface area contributed by atoms with Gasteiger partial charge < -0.3 is 10.1 Å². The van der Waals surface area contributed by atoms with E-state index in [4.69, 9.17) is 0 Å². The van der Waals surface area contributed by atoms with Crippen molar-refractivity contribution in [2.75, 3.05) is 13.6 Å². The number of hydroxylamine groups is 2. The molecule has 0 unspecified atom stereocenters. The fourth-order valence-corrected chi connectivity index (χ4v) is 3.82. The molecule has 1 rings (SSSR count). The maximum absolute atomic E-state index is 12.7. The van der Waals surface area contributed by atoms with E-state index >= 15 is 0 Å². The van der Waals surface area contributed by atoms with Crippen molar-refractivity contribution < 1.29 is 10.0 Å². The van der Waals surface area contributed by atoms with E-state index in [1.807, 2.05) is 39.6 Å². The molecule has 0 aromatic heterocycles. The second-order valence-corrected chi connectivity index (χ2v) is 8.22. The predicted octanol–water partition coefficient (Wildman–Crippen LogP) is 4.07. The van der Waals surface area contributed by atoms with Gasteiger partial charge in [0, 0.05) is 30.6 Å². The highest BCUT2D eigenvalue weighted by molar-refractivity contribution is 5.79. The lowest BCUT2D eigenvalue weighted by Gasteiger charge is -2.51. The molecular formula is C18H36N2O2. The molecule has 1 heterocycles. The van der Waals surface area contributed by atoms with E-state index in [0.29, 0.717) is 12.8 Å². The Hall–Kier alpha value is -0.610. The molecule has 0 saturated carbocycles. The summed E-state index contributed by atoms with van der Waals surface area (Å²) in [6, 6.07) is 0. The summed E-state index contributed by atoms with van der Waals surface area (Å²) in [5, 5.41) is 11.8. The highest BCUT2D eigenvalue weighted by Gasteiger charge is 2.47. The highest BCUT2D eigenvalue weighted by atomic mass is 16.5. The van der Waals surface area contributed by atoms with Crippen molar-refractivity contribution in [3.8, 4) is 0 Å². The first-order valence-electron chi connectivity index (χ1n) is 8.86. The van der Waals surface area contributed by atoms with Gasteiger partial charge in [-0.2, -0.15) is 5.06 Å². The lowest BCUT2D eigenvalue weighted by Crippen LogP contribution is -2.60. The molecule has 22 heavy (non-hydrogen) atoms. The van der Waals surface area contributed by atoms with Crippen LogP contribution in [0.5, 0.6) is 0 Å². The topological polar surface area (TPSA) is 43.8 Å². The largest absolute Gasteiger partial charge is 0.346 e. The van der Waals surface area contributed by atoms with Gasteiger partial charge in [-0.25, -0.2) is 0 Å². The Morgan fingerprint density at radius 1 is 1.09 bits per heavy atom. The van der Waals surface area contributed by atoms with Gasteiger partial charge in [-0.15, -0.1) is 0 Å². The predicted molar refractivity (Wildman–Crippen MR) is 90.9 cm³/mol. The molecule has 4 nitrogen and oxygen atoms in total. The lowest BCUT2D eigenvalue weighted by atomic mass is 9.75. The van der Waals surface area contributed by atoms with Gasteiger partial charge in [0.25, 0.3) is 0 Å². The zero-order chi connectivity index (χ0) is 17.0. The normalized spacial score (nSPS) is 21.8. The zero-order valence-corrected chi connectivity index (χ0v) is 15.5. The minimum absolute atomic E-state index is 0.00837. The average Bonchev–Trinajstić information content (AvgIpc) is 2.42. The molecule has 1 aliphatic rings. The van der Waals surface area contributed by atoms with Crippen LogP contribution in [0.2, 0.25) is 0 Å². The van der Waals surface area contributed by atoms with Gasteiger partial charge in [0.2, 0.25) is 5.91 Å². The van der Waals surface area contributed by atoms with Gasteiger partial charge in [0.1, 0.15) is 0 Å². The highest BCUT2D eigenvalue weighted by Crippen LogP contribution is 2.40. The van der Waals surface area contributed by atoms with Crippen molar-refractivity contribution in [1.29, 1.82) is 0 Å². The van der Waals surface area contributed by atoms with Gasteiger partial charge in [-0.3, -0.25) is 4.79 Å². The van der Waals surface area contributed by atoms with Crippen LogP contribution < -0.4 is 0 Å². The van der Waals surface area contributed by atoms with Crippen LogP contribution in [0.3, 0.4) is 0 Å². The molecule has 130 valence electrons. The van der Waals surface area contributed by atoms with E-state index in [-0.39, 0.29) is 22.9 Å². The molecule has 0 bridgehead atoms. The minimum Gasteiger partial charge on any atom is -0.346 e. The second kappa shape index (κ2) is 7.78. The molecule has 0 spiro atoms. The van der Waals surface area contributed by atoms with E-state index in [9.17, 15) is 10.0 Å². The number of hydrogen-bond acceptors (Lipinski definition) is 3. The van der Waals surface area contributed by atoms with Crippen LogP contribution in [0.15, 0.2) is 0 Å². The van der Waals surface area contributed by atoms with Gasteiger partial charge in [0.15, 0.2) is 0 Å². The van der Waals surface area contributed by atoms with E-state index in [0.717, 1.165) is 13.0 Å². The Bertz CT molecular complexity index is 348. The lowest BCUT2D eigenvalue weighted by molar-refractivity contribution is -0.250. The van der Waals surface area contributed by atoms with Gasteiger partial charge in [-0.05, 0) is 47.0 Å². The molecular weight excluding hydrogens is 276 g/mol. The molecule has 1 amide bonds. The number of unbranched alkanes of at least 4 members (excludes halogenated alkanes) is 4. The van der Waals surface area contributed by atoms with Crippen LogP contribution in [0.25, 0.3) is 0 Å². The first kappa shape index (κ1) is 19.4. The second-order valence-electron chi connectivity index (χ2n) is 8.22. The third-order valence-corrected chi connectivity index (χ3v) is 4.96. The first-order valence-corrected chi connectivity index (χ1v) is 8.86. The first-order chi connectivity index (χ1) is 10.1. The number of hydrogen-bond donors (Lipinski definition) is 1. The number of carbonyl (C=O) groups is 1. The summed E-state index contributed by atoms with van der Waals surface area (Å²) < 4.78 is 0. The van der Waals surface area contributed by atoms with Crippen molar-refractivity contribution in [2.45, 2.75) is 90.6 Å². The maximum atomic E-state index is 12.7. The van der Waals surface area contributed by atoms with E-state index in [2.05, 4.69) is 6.92 Å². The molecule has 1 fully saturated rings. The number of nitrogens with zero attached hydrogens (tertiary/aromatic N) is 2. The summed E-state index contributed by atoms with van der Waals surface area (Å²) in [4.78, 5) is 14.6. The third kappa shape index (κ3) is 4.95. The van der Waals surface area contributed by atoms with Crippen LogP contribution in [0.4, 0.5) is 0 Å². The monoisotopic (exact) mass is 312 g/mol. The number of carbonyl (C=O) groups excluding carboxylic acids is 1. The Kier molecular flexibility index (Phi) is 6.87. The third-order valence-electron chi connectivity index (χ3n) is 4.96. The standard InChI is InChI=1S/C18H36N2O2/c1-7-8-9-10-11-12-19(6)16(21)15-13-17(2,3)20(22)18(4,5)14-15/h15,22H,7-14H2,1-6H3. The Labute approximate surface area is 136 Å². The van der Waals surface area contributed by atoms with Crippen LogP contribution >= 0.6 is 0 Å². The summed E-state index contributed by atoms with van der Waals surface area (Å²) in [6.45, 7) is 11.1. The molecule has 4 heteroatoms. The Balaban J connectivity index is 2.54. The minimum atomic E-state index is -0.357. The maximum Gasteiger partial charge on any atom is 0.225 e. The van der Waals surface area contributed by atoms with Crippen molar-refractivity contribution in [1.82, 2.24) is 9.96 Å². The summed E-state index contributed by atoms with van der Waals surface area (Å²) in [5.41, 5.74) is -0.714. The average molecular weight is 312 g/mol. The van der Waals surface area contributed by atoms with Crippen LogP contribution in [0.1, 0.15) is 79.6 Å². The van der Waals surface area contributed by atoms with Crippen molar-refractivity contribution in [3.05, 3.63) is 0 Å². The quantitative estimate of drug-likeness (QED) is 0.721. The molecule has 0 aliphatic carbocycles. The molecule has 1 aliphatic heterocycles. The molecule has 1 saturated heterocycles. The van der Waals surface area contributed by atoms with E-state index in [1.54, 1.807) is 0 Å². The van der Waals surface area contributed by atoms with Crippen molar-refractivity contribution in [2.24, 2.45) is 5.92 Å². The summed E-state index contributed by atoms with van der Waals surface area (Å²) in [5.74, 6) is 0.249. The summed E-state index contributed by atoms with van der Waals surface area (Å²) in [7, 11) is 1.92. The number of piperidine rings is 1. The van der Waals surface area contributed by atoms with Crippen LogP contribution in [0, 0.1) is 5.92 Å². The fourth-order valence-electron chi connectivity index (χ4n) is 3.82. The van der Waals surface area contributed by atoms with Crippen molar-refractivity contribution in [3.63, 3.8) is 0 Å². The zero-order valence-electron chi connectivity index (χ0n) is 15.5. The molecule has 0 aromatic rings. The van der Waals surface area contributed by atoms with Gasteiger partial charge in [-0.1, -0.05) is 32.6 Å². The van der Waals surface area contributed by atoms with Crippen LogP contribution in [-0.4, -0.2) is 45.7 Å². The van der Waals surface area contributed by atoms with E-state index < -0.39 is 0 Å². The van der Waals surface area contributed by atoms with E-state index in [1.165, 1.54) is 30.7 Å².